The Balaban J connectivity index is 1.30. The van der Waals surface area contributed by atoms with Crippen LogP contribution in [0.3, 0.4) is 0 Å². The minimum atomic E-state index is 0.0281. The van der Waals surface area contributed by atoms with Crippen molar-refractivity contribution in [3.05, 3.63) is 42.0 Å². The smallest absolute Gasteiger partial charge is 0.254 e. The van der Waals surface area contributed by atoms with Crippen molar-refractivity contribution in [3.63, 3.8) is 0 Å². The summed E-state index contributed by atoms with van der Waals surface area (Å²) < 4.78 is 5.23. The van der Waals surface area contributed by atoms with E-state index in [1.165, 1.54) is 0 Å². The van der Waals surface area contributed by atoms with Crippen molar-refractivity contribution in [2.45, 2.75) is 0 Å². The number of aromatic nitrogens is 2. The van der Waals surface area contributed by atoms with Gasteiger partial charge < -0.3 is 24.5 Å². The molecule has 1 aromatic carbocycles. The van der Waals surface area contributed by atoms with Crippen molar-refractivity contribution in [2.24, 2.45) is 0 Å². The largest absolute Gasteiger partial charge is 0.497 e. The number of piperazine rings is 2. The standard InChI is InChI=1S/C22H30N6O3/c1-31-19-4-2-3-18(17-19)22(30)28-13-11-27(12-14-28)21-6-5-20(23-24-21)26-9-7-25(8-10-26)15-16-29/h2-6,17,29H,7-16H2,1H3. The van der Waals surface area contributed by atoms with Crippen molar-refractivity contribution < 1.29 is 14.6 Å². The van der Waals surface area contributed by atoms with Crippen LogP contribution in [-0.2, 0) is 0 Å². The zero-order chi connectivity index (χ0) is 21.6. The van der Waals surface area contributed by atoms with Gasteiger partial charge in [-0.15, -0.1) is 10.2 Å². The lowest BCUT2D eigenvalue weighted by molar-refractivity contribution is 0.0746. The Hall–Kier alpha value is -2.91. The number of anilines is 2. The van der Waals surface area contributed by atoms with Gasteiger partial charge in [0.05, 0.1) is 13.7 Å². The molecule has 4 rings (SSSR count). The maximum absolute atomic E-state index is 12.8. The molecule has 0 spiro atoms. The molecule has 1 amide bonds. The summed E-state index contributed by atoms with van der Waals surface area (Å²) in [4.78, 5) is 21.3. The summed E-state index contributed by atoms with van der Waals surface area (Å²) >= 11 is 0. The van der Waals surface area contributed by atoms with Crippen molar-refractivity contribution >= 4 is 17.5 Å². The van der Waals surface area contributed by atoms with E-state index in [4.69, 9.17) is 9.84 Å². The number of aliphatic hydroxyl groups is 1. The van der Waals surface area contributed by atoms with Gasteiger partial charge in [-0.05, 0) is 30.3 Å². The fraction of sp³-hybridized carbons (Fsp3) is 0.500. The summed E-state index contributed by atoms with van der Waals surface area (Å²) in [6.07, 6.45) is 0. The second kappa shape index (κ2) is 9.93. The molecule has 0 saturated carbocycles. The van der Waals surface area contributed by atoms with Crippen LogP contribution in [0.2, 0.25) is 0 Å². The highest BCUT2D eigenvalue weighted by Gasteiger charge is 2.24. The Morgan fingerprint density at radius 2 is 1.55 bits per heavy atom. The lowest BCUT2D eigenvalue weighted by atomic mass is 10.1. The number of β-amino-alcohol motifs (C(OH)–C–C–N with tert-alkyl or cyclic N) is 1. The van der Waals surface area contributed by atoms with E-state index in [1.54, 1.807) is 13.2 Å². The molecular formula is C22H30N6O3. The summed E-state index contributed by atoms with van der Waals surface area (Å²) in [7, 11) is 1.60. The molecule has 2 aromatic rings. The number of ether oxygens (including phenoxy) is 1. The highest BCUT2D eigenvalue weighted by atomic mass is 16.5. The molecule has 2 aliphatic rings. The zero-order valence-electron chi connectivity index (χ0n) is 18.0. The monoisotopic (exact) mass is 426 g/mol. The van der Waals surface area contributed by atoms with Gasteiger partial charge in [0.2, 0.25) is 0 Å². The van der Waals surface area contributed by atoms with E-state index in [2.05, 4.69) is 24.9 Å². The number of nitrogens with zero attached hydrogens (tertiary/aromatic N) is 6. The highest BCUT2D eigenvalue weighted by molar-refractivity contribution is 5.94. The number of rotatable bonds is 6. The second-order valence-corrected chi connectivity index (χ2v) is 7.81. The van der Waals surface area contributed by atoms with Crippen LogP contribution >= 0.6 is 0 Å². The molecule has 31 heavy (non-hydrogen) atoms. The number of methoxy groups -OCH3 is 1. The first-order chi connectivity index (χ1) is 15.2. The van der Waals surface area contributed by atoms with E-state index < -0.39 is 0 Å². The summed E-state index contributed by atoms with van der Waals surface area (Å²) in [5.41, 5.74) is 0.649. The van der Waals surface area contributed by atoms with Crippen molar-refractivity contribution in [3.8, 4) is 5.75 Å². The predicted molar refractivity (Wildman–Crippen MR) is 119 cm³/mol. The Labute approximate surface area is 182 Å². The van der Waals surface area contributed by atoms with Crippen molar-refractivity contribution in [1.82, 2.24) is 20.0 Å². The van der Waals surface area contributed by atoms with E-state index in [9.17, 15) is 4.79 Å². The number of carbonyl (C=O) groups excluding carboxylic acids is 1. The minimum absolute atomic E-state index is 0.0281. The highest BCUT2D eigenvalue weighted by Crippen LogP contribution is 2.19. The molecule has 0 aliphatic carbocycles. The molecular weight excluding hydrogens is 396 g/mol. The molecule has 9 heteroatoms. The Bertz CT molecular complexity index is 862. The van der Waals surface area contributed by atoms with Gasteiger partial charge in [-0.25, -0.2) is 0 Å². The van der Waals surface area contributed by atoms with Gasteiger partial charge in [-0.1, -0.05) is 6.07 Å². The van der Waals surface area contributed by atoms with Gasteiger partial charge in [-0.2, -0.15) is 0 Å². The molecule has 2 fully saturated rings. The molecule has 3 heterocycles. The van der Waals surface area contributed by atoms with Gasteiger partial charge in [0, 0.05) is 64.5 Å². The fourth-order valence-electron chi connectivity index (χ4n) is 4.07. The Morgan fingerprint density at radius 3 is 2.10 bits per heavy atom. The lowest BCUT2D eigenvalue weighted by Gasteiger charge is -2.36. The maximum atomic E-state index is 12.8. The first-order valence-electron chi connectivity index (χ1n) is 10.8. The molecule has 2 saturated heterocycles. The minimum Gasteiger partial charge on any atom is -0.497 e. The zero-order valence-corrected chi connectivity index (χ0v) is 18.0. The lowest BCUT2D eigenvalue weighted by Crippen LogP contribution is -2.49. The van der Waals surface area contributed by atoms with Gasteiger partial charge >= 0.3 is 0 Å². The number of benzene rings is 1. The molecule has 0 unspecified atom stereocenters. The van der Waals surface area contributed by atoms with Gasteiger partial charge in [0.15, 0.2) is 11.6 Å². The van der Waals surface area contributed by atoms with Gasteiger partial charge in [0.25, 0.3) is 5.91 Å². The number of hydrogen-bond donors (Lipinski definition) is 1. The summed E-state index contributed by atoms with van der Waals surface area (Å²) in [6.45, 7) is 7.29. The number of aliphatic hydroxyl groups excluding tert-OH is 1. The van der Waals surface area contributed by atoms with Crippen LogP contribution in [-0.4, -0.2) is 104 Å². The number of amides is 1. The third-order valence-electron chi connectivity index (χ3n) is 5.96. The quantitative estimate of drug-likeness (QED) is 0.717. The van der Waals surface area contributed by atoms with E-state index in [0.717, 1.165) is 57.4 Å². The van der Waals surface area contributed by atoms with Gasteiger partial charge in [-0.3, -0.25) is 9.69 Å². The third-order valence-corrected chi connectivity index (χ3v) is 5.96. The van der Waals surface area contributed by atoms with Crippen LogP contribution in [0.1, 0.15) is 10.4 Å². The normalized spacial score (nSPS) is 17.7. The fourth-order valence-corrected chi connectivity index (χ4v) is 4.07. The van der Waals surface area contributed by atoms with E-state index >= 15 is 0 Å². The second-order valence-electron chi connectivity index (χ2n) is 7.81. The predicted octanol–water partition coefficient (Wildman–Crippen LogP) is 0.562. The van der Waals surface area contributed by atoms with Crippen LogP contribution in [0.5, 0.6) is 5.75 Å². The summed E-state index contributed by atoms with van der Waals surface area (Å²) in [5.74, 6) is 2.45. The number of hydrogen-bond acceptors (Lipinski definition) is 8. The van der Waals surface area contributed by atoms with E-state index in [-0.39, 0.29) is 12.5 Å². The van der Waals surface area contributed by atoms with Crippen LogP contribution in [0.25, 0.3) is 0 Å². The molecule has 1 N–H and O–H groups in total. The molecule has 0 bridgehead atoms. The Kier molecular flexibility index (Phi) is 6.83. The van der Waals surface area contributed by atoms with Crippen LogP contribution in [0.4, 0.5) is 11.6 Å². The first kappa shape index (κ1) is 21.3. The summed E-state index contributed by atoms with van der Waals surface area (Å²) in [5, 5.41) is 18.0. The van der Waals surface area contributed by atoms with Crippen LogP contribution < -0.4 is 14.5 Å². The van der Waals surface area contributed by atoms with E-state index in [0.29, 0.717) is 24.4 Å². The van der Waals surface area contributed by atoms with E-state index in [1.807, 2.05) is 35.2 Å². The van der Waals surface area contributed by atoms with Crippen LogP contribution in [0, 0.1) is 0 Å². The Morgan fingerprint density at radius 1 is 0.935 bits per heavy atom. The molecule has 1 aromatic heterocycles. The van der Waals surface area contributed by atoms with Crippen molar-refractivity contribution in [2.75, 3.05) is 82.4 Å². The SMILES string of the molecule is COc1cccc(C(=O)N2CCN(c3ccc(N4CCN(CCO)CC4)nn3)CC2)c1. The number of carbonyl (C=O) groups is 1. The third kappa shape index (κ3) is 5.05. The van der Waals surface area contributed by atoms with Crippen LogP contribution in [0.15, 0.2) is 36.4 Å². The van der Waals surface area contributed by atoms with Crippen molar-refractivity contribution in [1.29, 1.82) is 0 Å². The maximum Gasteiger partial charge on any atom is 0.254 e. The first-order valence-corrected chi connectivity index (χ1v) is 10.8. The summed E-state index contributed by atoms with van der Waals surface area (Å²) in [6, 6.07) is 11.3. The van der Waals surface area contributed by atoms with Gasteiger partial charge in [0.1, 0.15) is 5.75 Å². The molecule has 166 valence electrons. The topological polar surface area (TPSA) is 85.3 Å². The molecule has 9 nitrogen and oxygen atoms in total. The molecule has 2 aliphatic heterocycles. The molecule has 0 radical (unpaired) electrons. The molecule has 0 atom stereocenters. The average molecular weight is 427 g/mol. The average Bonchev–Trinajstić information content (AvgIpc) is 2.84.